The first kappa shape index (κ1) is 37.3. The van der Waals surface area contributed by atoms with E-state index >= 15 is 0 Å². The number of aryl methyl sites for hydroxylation is 2. The highest BCUT2D eigenvalue weighted by Gasteiger charge is 2.41. The number of pyridine rings is 6. The molecule has 0 unspecified atom stereocenters. The highest BCUT2D eigenvalue weighted by molar-refractivity contribution is 9.11. The van der Waals surface area contributed by atoms with E-state index < -0.39 is 0 Å². The van der Waals surface area contributed by atoms with E-state index in [1.165, 1.54) is 12.1 Å². The number of hydrogen-bond acceptors (Lipinski definition) is 11. The molecule has 0 aromatic carbocycles. The van der Waals surface area contributed by atoms with Gasteiger partial charge in [-0.15, -0.1) is 0 Å². The number of nitrogens with one attached hydrogen (secondary N) is 2. The van der Waals surface area contributed by atoms with Crippen LogP contribution in [0.4, 0.5) is 39.2 Å². The van der Waals surface area contributed by atoms with Crippen molar-refractivity contribution < 1.29 is 4.79 Å². The van der Waals surface area contributed by atoms with Crippen molar-refractivity contribution in [3.63, 3.8) is 0 Å². The number of urea groups is 1. The summed E-state index contributed by atoms with van der Waals surface area (Å²) in [5.74, 6) is 1.69. The molecule has 2 saturated heterocycles. The van der Waals surface area contributed by atoms with Crippen LogP contribution < -0.4 is 31.1 Å². The molecule has 0 saturated carbocycles. The Labute approximate surface area is 342 Å². The first-order valence-corrected chi connectivity index (χ1v) is 20.0. The summed E-state index contributed by atoms with van der Waals surface area (Å²) in [6.45, 7) is 7.89. The molecule has 10 rings (SSSR count). The number of halogens is 2. The topological polar surface area (TPSA) is 154 Å². The Kier molecular flexibility index (Phi) is 10.8. The van der Waals surface area contributed by atoms with Gasteiger partial charge in [0.2, 0.25) is 0 Å². The highest BCUT2D eigenvalue weighted by Crippen LogP contribution is 2.43. The molecular weight excluding hydrogens is 836 g/mol. The predicted molar refractivity (Wildman–Crippen MR) is 229 cm³/mol. The molecule has 13 nitrogen and oxygen atoms in total. The van der Waals surface area contributed by atoms with Gasteiger partial charge in [-0.25, -0.2) is 14.8 Å². The second-order valence-corrected chi connectivity index (χ2v) is 15.7. The van der Waals surface area contributed by atoms with Crippen molar-refractivity contribution in [2.75, 3.05) is 57.2 Å². The van der Waals surface area contributed by atoms with Crippen molar-refractivity contribution in [1.82, 2.24) is 29.9 Å². The molecule has 6 aromatic heterocycles. The van der Waals surface area contributed by atoms with E-state index in [9.17, 15) is 4.79 Å². The van der Waals surface area contributed by atoms with Gasteiger partial charge in [0, 0.05) is 94.7 Å². The van der Waals surface area contributed by atoms with Gasteiger partial charge in [0.25, 0.3) is 0 Å². The van der Waals surface area contributed by atoms with Crippen molar-refractivity contribution in [2.45, 2.75) is 38.8 Å². The zero-order chi connectivity index (χ0) is 38.8. The van der Waals surface area contributed by atoms with Gasteiger partial charge in [0.05, 0.1) is 46.4 Å². The summed E-state index contributed by atoms with van der Waals surface area (Å²) in [5.41, 5.74) is 14.6. The van der Waals surface area contributed by atoms with E-state index in [-0.39, 0.29) is 12.1 Å². The number of rotatable bonds is 3. The summed E-state index contributed by atoms with van der Waals surface area (Å²) in [6.07, 6.45) is 12.3. The minimum absolute atomic E-state index is 0.0971. The van der Waals surface area contributed by atoms with Crippen LogP contribution in [-0.2, 0) is 0 Å². The van der Waals surface area contributed by atoms with Crippen LogP contribution in [0.5, 0.6) is 0 Å². The Morgan fingerprint density at radius 3 is 2.05 bits per heavy atom. The van der Waals surface area contributed by atoms with Gasteiger partial charge >= 0.3 is 6.03 Å². The van der Waals surface area contributed by atoms with Crippen LogP contribution >= 0.6 is 31.9 Å². The Bertz CT molecular complexity index is 2370. The van der Waals surface area contributed by atoms with Gasteiger partial charge in [-0.2, -0.15) is 0 Å². The van der Waals surface area contributed by atoms with Crippen LogP contribution in [0.3, 0.4) is 0 Å². The van der Waals surface area contributed by atoms with Crippen LogP contribution in [0.2, 0.25) is 0 Å². The van der Waals surface area contributed by atoms with Gasteiger partial charge in [-0.1, -0.05) is 0 Å². The third-order valence-corrected chi connectivity index (χ3v) is 11.2. The maximum Gasteiger partial charge on any atom is 0.327 e. The largest absolute Gasteiger partial charge is 0.397 e. The van der Waals surface area contributed by atoms with E-state index in [2.05, 4.69) is 90.4 Å². The Balaban J connectivity index is 0.000000140. The van der Waals surface area contributed by atoms with Gasteiger partial charge in [-0.3, -0.25) is 24.8 Å². The molecule has 10 heterocycles. The lowest BCUT2D eigenvalue weighted by Crippen LogP contribution is -2.48. The minimum atomic E-state index is -0.183. The first-order chi connectivity index (χ1) is 27.2. The monoisotopic (exact) mass is 874 g/mol. The zero-order valence-corrected chi connectivity index (χ0v) is 34.1. The third kappa shape index (κ3) is 8.00. The average Bonchev–Trinajstić information content (AvgIpc) is 3.81. The maximum absolute atomic E-state index is 13.2. The van der Waals surface area contributed by atoms with E-state index in [1.54, 1.807) is 54.1 Å². The van der Waals surface area contributed by atoms with E-state index in [1.807, 2.05) is 44.3 Å². The third-order valence-electron chi connectivity index (χ3n) is 10.0. The van der Waals surface area contributed by atoms with Gasteiger partial charge < -0.3 is 26.2 Å². The van der Waals surface area contributed by atoms with Crippen LogP contribution in [-0.4, -0.2) is 74.2 Å². The van der Waals surface area contributed by atoms with Gasteiger partial charge in [0.15, 0.2) is 11.6 Å². The maximum atomic E-state index is 13.2. The van der Waals surface area contributed by atoms with Crippen molar-refractivity contribution in [1.29, 1.82) is 0 Å². The lowest BCUT2D eigenvalue weighted by molar-refractivity contribution is 0.255. The quantitative estimate of drug-likeness (QED) is 0.158. The number of nitrogens with zero attached hydrogens (tertiary/aromatic N) is 9. The summed E-state index contributed by atoms with van der Waals surface area (Å²) in [6, 6.07) is 19.9. The summed E-state index contributed by atoms with van der Waals surface area (Å²) >= 11 is 7.35. The molecule has 56 heavy (non-hydrogen) atoms. The van der Waals surface area contributed by atoms with Crippen molar-refractivity contribution >= 4 is 72.3 Å². The number of nitrogens with two attached hydrogens (primary N) is 1. The van der Waals surface area contributed by atoms with Crippen LogP contribution in [0.15, 0.2) is 107 Å². The number of hydrogen-bond donors (Lipinski definition) is 3. The number of amides is 2. The molecule has 2 atom stereocenters. The highest BCUT2D eigenvalue weighted by atomic mass is 79.9. The van der Waals surface area contributed by atoms with Crippen LogP contribution in [0, 0.1) is 13.8 Å². The zero-order valence-electron chi connectivity index (χ0n) is 30.9. The van der Waals surface area contributed by atoms with E-state index in [0.717, 1.165) is 87.0 Å². The predicted octanol–water partition coefficient (Wildman–Crippen LogP) is 8.12. The van der Waals surface area contributed by atoms with Crippen LogP contribution in [0.1, 0.15) is 24.2 Å². The number of anilines is 6. The summed E-state index contributed by atoms with van der Waals surface area (Å²) in [5, 5.41) is 6.51. The SMILES string of the molecule is Cc1cc(-c2nc3c(cc2Br)N2CC[C@@H](C2)N3)ccn1.Cc1cc(-c2nc3c(cc2Br)N2CC[C@@H](C2)N3C(=O)Nc2cccnc2)ccn1.Nc1cccnc1. The summed E-state index contributed by atoms with van der Waals surface area (Å²) in [7, 11) is 0. The molecule has 4 aliphatic rings. The number of nitrogen functional groups attached to an aromatic ring is 1. The summed E-state index contributed by atoms with van der Waals surface area (Å²) < 4.78 is 1.94. The molecule has 6 aromatic rings. The van der Waals surface area contributed by atoms with E-state index in [0.29, 0.717) is 23.2 Å². The van der Waals surface area contributed by atoms with Gasteiger partial charge in [-0.05, 0) is 119 Å². The van der Waals surface area contributed by atoms with E-state index in [4.69, 9.17) is 15.7 Å². The normalized spacial score (nSPS) is 17.0. The number of aromatic nitrogens is 6. The summed E-state index contributed by atoms with van der Waals surface area (Å²) in [4.78, 5) is 45.9. The van der Waals surface area contributed by atoms with Gasteiger partial charge in [0.1, 0.15) is 0 Å². The molecule has 4 aliphatic heterocycles. The molecule has 15 heteroatoms. The molecule has 0 radical (unpaired) electrons. The number of carbonyl (C=O) groups is 1. The fraction of sp³-hybridized carbons (Fsp3) is 0.244. The fourth-order valence-electron chi connectivity index (χ4n) is 7.39. The molecule has 4 N–H and O–H groups in total. The lowest BCUT2D eigenvalue weighted by atomic mass is 10.1. The Hall–Kier alpha value is -5.67. The van der Waals surface area contributed by atoms with Crippen molar-refractivity contribution in [3.8, 4) is 22.5 Å². The molecule has 2 fully saturated rings. The molecule has 0 spiro atoms. The first-order valence-electron chi connectivity index (χ1n) is 18.4. The second kappa shape index (κ2) is 16.2. The molecule has 284 valence electrons. The Morgan fingerprint density at radius 1 is 0.786 bits per heavy atom. The lowest BCUT2D eigenvalue weighted by Gasteiger charge is -2.36. The smallest absolute Gasteiger partial charge is 0.327 e. The number of carbonyl (C=O) groups excluding carboxylic acids is 1. The van der Waals surface area contributed by atoms with Crippen LogP contribution in [0.25, 0.3) is 22.5 Å². The molecule has 0 aliphatic carbocycles. The molecule has 2 amide bonds. The van der Waals surface area contributed by atoms with Crippen molar-refractivity contribution in [3.05, 3.63) is 118 Å². The molecule has 4 bridgehead atoms. The standard InChI is InChI=1S/C21H19BrN6O.C15H15BrN4.C5H6N2/c1-13-9-14(4-7-24-13)19-17(22)10-18-20(26-19)28(16-5-8-27(18)12-16)21(29)25-15-3-2-6-23-11-15;1-9-6-10(2-4-17-9)14-12(16)7-13-15(19-14)18-11-3-5-20(13)8-11;6-5-2-1-3-7-4-5/h2-4,6-7,9-11,16H,5,8,12H2,1H3,(H,25,29);2,4,6-7,11H,3,5,8H2,1H3,(H,18,19);1-4H,6H2/t16-;11-;/m00./s1. The second-order valence-electron chi connectivity index (χ2n) is 14.0. The average molecular weight is 877 g/mol. The van der Waals surface area contributed by atoms with Crippen molar-refractivity contribution in [2.24, 2.45) is 0 Å². The minimum Gasteiger partial charge on any atom is -0.397 e. The Morgan fingerprint density at radius 2 is 1.43 bits per heavy atom. The molecular formula is C41H40Br2N12O. The fourth-order valence-corrected chi connectivity index (χ4v) is 8.46. The number of fused-ring (bicyclic) bond motifs is 8.